The fourth-order valence-corrected chi connectivity index (χ4v) is 2.02. The lowest BCUT2D eigenvalue weighted by Gasteiger charge is -2.01. The van der Waals surface area contributed by atoms with Crippen LogP contribution in [0.5, 0.6) is 0 Å². The van der Waals surface area contributed by atoms with Crippen LogP contribution in [0.25, 0.3) is 11.2 Å². The second-order valence-corrected chi connectivity index (χ2v) is 4.13. The van der Waals surface area contributed by atoms with E-state index in [1.165, 1.54) is 12.8 Å². The molecule has 0 spiro atoms. The molecule has 0 unspecified atom stereocenters. The van der Waals surface area contributed by atoms with E-state index in [1.54, 1.807) is 12.3 Å². The van der Waals surface area contributed by atoms with E-state index in [-0.39, 0.29) is 0 Å². The summed E-state index contributed by atoms with van der Waals surface area (Å²) in [6.45, 7) is 2.01. The number of fused-ring (bicyclic) bond motifs is 1. The van der Waals surface area contributed by atoms with Crippen LogP contribution in [-0.4, -0.2) is 14.5 Å². The van der Waals surface area contributed by atoms with Crippen molar-refractivity contribution in [1.29, 1.82) is 0 Å². The van der Waals surface area contributed by atoms with Gasteiger partial charge in [-0.05, 0) is 25.8 Å². The van der Waals surface area contributed by atoms with Gasteiger partial charge < -0.3 is 4.57 Å². The third-order valence-electron chi connectivity index (χ3n) is 2.62. The Morgan fingerprint density at radius 3 is 3.00 bits per heavy atom. The van der Waals surface area contributed by atoms with Gasteiger partial charge >= 0.3 is 0 Å². The van der Waals surface area contributed by atoms with Crippen LogP contribution in [0.3, 0.4) is 0 Å². The molecule has 0 atom stereocenters. The summed E-state index contributed by atoms with van der Waals surface area (Å²) in [6, 6.07) is 2.39. The standard InChI is InChI=1S/C10H10ClN3/c1-6-13-9-8(11)4-5-12-10(9)14(6)7-2-3-7/h4-5,7H,2-3H2,1H3. The molecular weight excluding hydrogens is 198 g/mol. The van der Waals surface area contributed by atoms with Crippen LogP contribution >= 0.6 is 11.6 Å². The first-order chi connectivity index (χ1) is 6.77. The largest absolute Gasteiger partial charge is 0.310 e. The molecule has 3 nitrogen and oxygen atoms in total. The summed E-state index contributed by atoms with van der Waals surface area (Å²) in [5.74, 6) is 1.02. The highest BCUT2D eigenvalue weighted by Gasteiger charge is 2.27. The van der Waals surface area contributed by atoms with Gasteiger partial charge in [-0.3, -0.25) is 0 Å². The monoisotopic (exact) mass is 207 g/mol. The van der Waals surface area contributed by atoms with Gasteiger partial charge in [0, 0.05) is 12.2 Å². The van der Waals surface area contributed by atoms with Crippen LogP contribution in [0.2, 0.25) is 5.02 Å². The summed E-state index contributed by atoms with van der Waals surface area (Å²) in [7, 11) is 0. The highest BCUT2D eigenvalue weighted by atomic mass is 35.5. The molecule has 14 heavy (non-hydrogen) atoms. The summed E-state index contributed by atoms with van der Waals surface area (Å²) in [6.07, 6.45) is 4.21. The lowest BCUT2D eigenvalue weighted by Crippen LogP contribution is -1.97. The fraction of sp³-hybridized carbons (Fsp3) is 0.400. The van der Waals surface area contributed by atoms with Gasteiger partial charge in [-0.1, -0.05) is 11.6 Å². The lowest BCUT2D eigenvalue weighted by atomic mass is 10.4. The molecule has 2 heterocycles. The van der Waals surface area contributed by atoms with E-state index in [0.717, 1.165) is 17.0 Å². The maximum absolute atomic E-state index is 6.05. The minimum absolute atomic E-state index is 0.603. The predicted molar refractivity (Wildman–Crippen MR) is 55.5 cm³/mol. The number of rotatable bonds is 1. The average Bonchev–Trinajstić information content (AvgIpc) is 2.91. The molecule has 3 rings (SSSR count). The van der Waals surface area contributed by atoms with E-state index in [2.05, 4.69) is 14.5 Å². The summed E-state index contributed by atoms with van der Waals surface area (Å²) < 4.78 is 2.20. The Morgan fingerprint density at radius 1 is 1.50 bits per heavy atom. The van der Waals surface area contributed by atoms with Crippen molar-refractivity contribution in [1.82, 2.24) is 14.5 Å². The van der Waals surface area contributed by atoms with E-state index < -0.39 is 0 Å². The highest BCUT2D eigenvalue weighted by Crippen LogP contribution is 2.38. The molecule has 72 valence electrons. The summed E-state index contributed by atoms with van der Waals surface area (Å²) >= 11 is 6.05. The normalized spacial score (nSPS) is 16.4. The van der Waals surface area contributed by atoms with Crippen molar-refractivity contribution >= 4 is 22.8 Å². The van der Waals surface area contributed by atoms with E-state index in [0.29, 0.717) is 11.1 Å². The van der Waals surface area contributed by atoms with Crippen LogP contribution in [0, 0.1) is 6.92 Å². The van der Waals surface area contributed by atoms with E-state index >= 15 is 0 Å². The Labute approximate surface area is 86.7 Å². The van der Waals surface area contributed by atoms with Gasteiger partial charge in [0.05, 0.1) is 5.02 Å². The number of hydrogen-bond acceptors (Lipinski definition) is 2. The van der Waals surface area contributed by atoms with Crippen LogP contribution in [0.15, 0.2) is 12.3 Å². The Bertz CT molecular complexity index is 499. The van der Waals surface area contributed by atoms with Gasteiger partial charge in [-0.15, -0.1) is 0 Å². The zero-order valence-corrected chi connectivity index (χ0v) is 8.62. The predicted octanol–water partition coefficient (Wildman–Crippen LogP) is 2.73. The van der Waals surface area contributed by atoms with E-state index in [1.807, 2.05) is 6.92 Å². The Morgan fingerprint density at radius 2 is 2.29 bits per heavy atom. The molecule has 1 saturated carbocycles. The average molecular weight is 208 g/mol. The molecule has 2 aromatic heterocycles. The molecule has 0 amide bonds. The van der Waals surface area contributed by atoms with Gasteiger partial charge in [-0.25, -0.2) is 9.97 Å². The first-order valence-corrected chi connectivity index (χ1v) is 5.14. The molecule has 0 N–H and O–H groups in total. The Balaban J connectivity index is 2.37. The molecule has 0 radical (unpaired) electrons. The number of aromatic nitrogens is 3. The molecular formula is C10H10ClN3. The van der Waals surface area contributed by atoms with E-state index in [9.17, 15) is 0 Å². The molecule has 0 bridgehead atoms. The Hall–Kier alpha value is -1.09. The molecule has 2 aromatic rings. The molecule has 1 aliphatic rings. The van der Waals surface area contributed by atoms with Crippen LogP contribution in [0.4, 0.5) is 0 Å². The van der Waals surface area contributed by atoms with Crippen molar-refractivity contribution in [3.05, 3.63) is 23.1 Å². The molecule has 1 fully saturated rings. The van der Waals surface area contributed by atoms with Crippen LogP contribution in [0.1, 0.15) is 24.7 Å². The number of halogens is 1. The second-order valence-electron chi connectivity index (χ2n) is 3.73. The zero-order valence-electron chi connectivity index (χ0n) is 7.87. The zero-order chi connectivity index (χ0) is 9.71. The maximum Gasteiger partial charge on any atom is 0.161 e. The molecule has 0 aliphatic heterocycles. The Kier molecular flexibility index (Phi) is 1.59. The number of nitrogens with zero attached hydrogens (tertiary/aromatic N) is 3. The van der Waals surface area contributed by atoms with Gasteiger partial charge in [0.1, 0.15) is 11.3 Å². The topological polar surface area (TPSA) is 30.7 Å². The van der Waals surface area contributed by atoms with Crippen molar-refractivity contribution in [3.8, 4) is 0 Å². The molecule has 1 aliphatic carbocycles. The summed E-state index contributed by atoms with van der Waals surface area (Å²) in [5, 5.41) is 0.692. The smallest absolute Gasteiger partial charge is 0.161 e. The van der Waals surface area contributed by atoms with Crippen molar-refractivity contribution in [2.75, 3.05) is 0 Å². The third kappa shape index (κ3) is 1.05. The van der Waals surface area contributed by atoms with Gasteiger partial charge in [-0.2, -0.15) is 0 Å². The molecule has 0 aromatic carbocycles. The van der Waals surface area contributed by atoms with E-state index in [4.69, 9.17) is 11.6 Å². The minimum Gasteiger partial charge on any atom is -0.310 e. The number of imidazole rings is 1. The molecule has 4 heteroatoms. The van der Waals surface area contributed by atoms with Crippen LogP contribution in [-0.2, 0) is 0 Å². The SMILES string of the molecule is Cc1nc2c(Cl)ccnc2n1C1CC1. The van der Waals surface area contributed by atoms with Crippen molar-refractivity contribution < 1.29 is 0 Å². The first-order valence-electron chi connectivity index (χ1n) is 4.76. The number of pyridine rings is 1. The minimum atomic E-state index is 0.603. The third-order valence-corrected chi connectivity index (χ3v) is 2.92. The number of hydrogen-bond donors (Lipinski definition) is 0. The fourth-order valence-electron chi connectivity index (χ4n) is 1.84. The van der Waals surface area contributed by atoms with Gasteiger partial charge in [0.15, 0.2) is 5.65 Å². The lowest BCUT2D eigenvalue weighted by molar-refractivity contribution is 0.726. The van der Waals surface area contributed by atoms with Gasteiger partial charge in [0.25, 0.3) is 0 Å². The van der Waals surface area contributed by atoms with Crippen molar-refractivity contribution in [2.24, 2.45) is 0 Å². The van der Waals surface area contributed by atoms with Crippen molar-refractivity contribution in [2.45, 2.75) is 25.8 Å². The second kappa shape index (κ2) is 2.70. The van der Waals surface area contributed by atoms with Gasteiger partial charge in [0.2, 0.25) is 0 Å². The number of aryl methyl sites for hydroxylation is 1. The summed E-state index contributed by atoms with van der Waals surface area (Å²) in [4.78, 5) is 8.78. The summed E-state index contributed by atoms with van der Waals surface area (Å²) in [5.41, 5.74) is 1.76. The maximum atomic E-state index is 6.05. The highest BCUT2D eigenvalue weighted by molar-refractivity contribution is 6.34. The van der Waals surface area contributed by atoms with Crippen LogP contribution < -0.4 is 0 Å². The quantitative estimate of drug-likeness (QED) is 0.720. The molecule has 0 saturated heterocycles. The first kappa shape index (κ1) is 8.24. The van der Waals surface area contributed by atoms with Crippen molar-refractivity contribution in [3.63, 3.8) is 0 Å².